The van der Waals surface area contributed by atoms with Gasteiger partial charge in [0.2, 0.25) is 5.91 Å². The van der Waals surface area contributed by atoms with Crippen LogP contribution in [0.4, 0.5) is 5.69 Å². The normalized spacial score (nSPS) is 19.2. The molecule has 1 atom stereocenters. The van der Waals surface area contributed by atoms with Gasteiger partial charge in [-0.2, -0.15) is 0 Å². The number of benzene rings is 1. The van der Waals surface area contributed by atoms with Gasteiger partial charge in [0.05, 0.1) is 17.3 Å². The molecular weight excluding hydrogens is 342 g/mol. The van der Waals surface area contributed by atoms with E-state index < -0.39 is 0 Å². The van der Waals surface area contributed by atoms with Crippen molar-refractivity contribution in [1.82, 2.24) is 10.2 Å². The molecule has 1 fully saturated rings. The zero-order valence-corrected chi connectivity index (χ0v) is 13.8. The highest BCUT2D eigenvalue weighted by Gasteiger charge is 2.23. The lowest BCUT2D eigenvalue weighted by molar-refractivity contribution is -0.117. The Morgan fingerprint density at radius 3 is 3.05 bits per heavy atom. The lowest BCUT2D eigenvalue weighted by Gasteiger charge is -2.16. The molecule has 2 N–H and O–H groups in total. The Morgan fingerprint density at radius 2 is 2.35 bits per heavy atom. The van der Waals surface area contributed by atoms with Crippen molar-refractivity contribution < 1.29 is 4.79 Å². The maximum Gasteiger partial charge on any atom is 0.238 e. The van der Waals surface area contributed by atoms with Crippen molar-refractivity contribution >= 4 is 39.1 Å². The third kappa shape index (κ3) is 4.45. The first kappa shape index (κ1) is 15.8. The molecule has 0 spiro atoms. The van der Waals surface area contributed by atoms with Gasteiger partial charge in [0.15, 0.2) is 0 Å². The fraction of sp³-hybridized carbons (Fsp3) is 0.500. The predicted molar refractivity (Wildman–Crippen MR) is 86.3 cm³/mol. The summed E-state index contributed by atoms with van der Waals surface area (Å²) in [6.45, 7) is 3.39. The number of likely N-dealkylation sites (tertiary alicyclic amines) is 1. The molecule has 110 valence electrons. The molecule has 4 nitrogen and oxygen atoms in total. The average molecular weight is 361 g/mol. The number of halogens is 2. The molecule has 1 saturated heterocycles. The Morgan fingerprint density at radius 1 is 1.55 bits per heavy atom. The zero-order chi connectivity index (χ0) is 14.5. The van der Waals surface area contributed by atoms with E-state index in [2.05, 4.69) is 31.5 Å². The summed E-state index contributed by atoms with van der Waals surface area (Å²) < 4.78 is 0.898. The zero-order valence-electron chi connectivity index (χ0n) is 11.5. The Hall–Kier alpha value is -0.620. The number of nitrogens with one attached hydrogen (secondary N) is 2. The maximum atomic E-state index is 12.0. The number of carbonyl (C=O) groups is 1. The molecule has 0 radical (unpaired) electrons. The van der Waals surface area contributed by atoms with Crippen LogP contribution < -0.4 is 10.6 Å². The van der Waals surface area contributed by atoms with E-state index in [0.29, 0.717) is 23.2 Å². The second kappa shape index (κ2) is 7.41. The van der Waals surface area contributed by atoms with Crippen LogP contribution in [0.25, 0.3) is 0 Å². The molecule has 1 aromatic rings. The van der Waals surface area contributed by atoms with Crippen molar-refractivity contribution in [3.8, 4) is 0 Å². The summed E-state index contributed by atoms with van der Waals surface area (Å²) in [6, 6.07) is 5.44. The van der Waals surface area contributed by atoms with E-state index in [1.54, 1.807) is 12.1 Å². The number of amides is 1. The molecule has 0 aromatic heterocycles. The Balaban J connectivity index is 1.84. The van der Waals surface area contributed by atoms with E-state index in [-0.39, 0.29) is 5.91 Å². The lowest BCUT2D eigenvalue weighted by Crippen LogP contribution is -2.32. The van der Waals surface area contributed by atoms with Crippen LogP contribution in [0.3, 0.4) is 0 Å². The first-order chi connectivity index (χ1) is 9.58. The first-order valence-electron chi connectivity index (χ1n) is 6.70. The van der Waals surface area contributed by atoms with Crippen LogP contribution in [0.2, 0.25) is 5.02 Å². The number of rotatable bonds is 5. The highest BCUT2D eigenvalue weighted by atomic mass is 79.9. The predicted octanol–water partition coefficient (Wildman–Crippen LogP) is 2.58. The van der Waals surface area contributed by atoms with E-state index in [0.717, 1.165) is 30.5 Å². The molecule has 1 heterocycles. The lowest BCUT2D eigenvalue weighted by atomic mass is 10.1. The number of anilines is 1. The molecule has 20 heavy (non-hydrogen) atoms. The number of hydrogen-bond donors (Lipinski definition) is 2. The summed E-state index contributed by atoms with van der Waals surface area (Å²) in [4.78, 5) is 14.2. The van der Waals surface area contributed by atoms with Gasteiger partial charge in [0, 0.05) is 11.0 Å². The van der Waals surface area contributed by atoms with E-state index in [1.807, 2.05) is 13.1 Å². The van der Waals surface area contributed by atoms with Gasteiger partial charge in [-0.3, -0.25) is 9.69 Å². The molecule has 1 amide bonds. The molecule has 1 aromatic carbocycles. The average Bonchev–Trinajstić information content (AvgIpc) is 2.81. The standard InChI is InChI=1S/C14H19BrClN3O/c1-17-7-10-4-5-19(8-10)9-14(20)18-13-3-2-11(15)6-12(13)16/h2-3,6,10,17H,4-5,7-9H2,1H3,(H,18,20). The van der Waals surface area contributed by atoms with Gasteiger partial charge in [0.1, 0.15) is 0 Å². The van der Waals surface area contributed by atoms with Gasteiger partial charge in [0.25, 0.3) is 0 Å². The van der Waals surface area contributed by atoms with Crippen LogP contribution >= 0.6 is 27.5 Å². The summed E-state index contributed by atoms with van der Waals surface area (Å²) in [5.41, 5.74) is 0.658. The minimum atomic E-state index is -0.0145. The summed E-state index contributed by atoms with van der Waals surface area (Å²) in [6.07, 6.45) is 1.15. The van der Waals surface area contributed by atoms with Gasteiger partial charge in [-0.15, -0.1) is 0 Å². The number of nitrogens with zero attached hydrogens (tertiary/aromatic N) is 1. The summed E-state index contributed by atoms with van der Waals surface area (Å²) >= 11 is 9.43. The molecule has 0 aliphatic carbocycles. The third-order valence-electron chi connectivity index (χ3n) is 3.44. The van der Waals surface area contributed by atoms with Crippen molar-refractivity contribution in [1.29, 1.82) is 0 Å². The third-order valence-corrected chi connectivity index (χ3v) is 4.24. The highest BCUT2D eigenvalue weighted by Crippen LogP contribution is 2.25. The van der Waals surface area contributed by atoms with E-state index in [1.165, 1.54) is 0 Å². The monoisotopic (exact) mass is 359 g/mol. The molecule has 6 heteroatoms. The smallest absolute Gasteiger partial charge is 0.238 e. The van der Waals surface area contributed by atoms with E-state index in [9.17, 15) is 4.79 Å². The first-order valence-corrected chi connectivity index (χ1v) is 7.87. The van der Waals surface area contributed by atoms with Gasteiger partial charge in [-0.1, -0.05) is 27.5 Å². The maximum absolute atomic E-state index is 12.0. The highest BCUT2D eigenvalue weighted by molar-refractivity contribution is 9.10. The molecule has 0 bridgehead atoms. The van der Waals surface area contributed by atoms with Crippen LogP contribution in [-0.4, -0.2) is 44.0 Å². The van der Waals surface area contributed by atoms with Crippen molar-refractivity contribution in [2.75, 3.05) is 38.5 Å². The molecule has 1 aliphatic rings. The van der Waals surface area contributed by atoms with Crippen molar-refractivity contribution in [3.05, 3.63) is 27.7 Å². The SMILES string of the molecule is CNCC1CCN(CC(=O)Nc2ccc(Br)cc2Cl)C1. The minimum absolute atomic E-state index is 0.0145. The Labute approximate surface area is 133 Å². The van der Waals surface area contributed by atoms with Gasteiger partial charge in [-0.25, -0.2) is 0 Å². The second-order valence-electron chi connectivity index (χ2n) is 5.12. The second-order valence-corrected chi connectivity index (χ2v) is 6.44. The summed E-state index contributed by atoms with van der Waals surface area (Å²) in [5.74, 6) is 0.628. The van der Waals surface area contributed by atoms with Gasteiger partial charge < -0.3 is 10.6 Å². The van der Waals surface area contributed by atoms with Crippen molar-refractivity contribution in [3.63, 3.8) is 0 Å². The topological polar surface area (TPSA) is 44.4 Å². The van der Waals surface area contributed by atoms with Crippen molar-refractivity contribution in [2.45, 2.75) is 6.42 Å². The van der Waals surface area contributed by atoms with Gasteiger partial charge >= 0.3 is 0 Å². The van der Waals surface area contributed by atoms with E-state index in [4.69, 9.17) is 11.6 Å². The summed E-state index contributed by atoms with van der Waals surface area (Å²) in [7, 11) is 1.96. The minimum Gasteiger partial charge on any atom is -0.324 e. The van der Waals surface area contributed by atoms with Crippen LogP contribution in [0.5, 0.6) is 0 Å². The molecule has 1 unspecified atom stereocenters. The fourth-order valence-electron chi connectivity index (χ4n) is 2.50. The van der Waals surface area contributed by atoms with Crippen molar-refractivity contribution in [2.24, 2.45) is 5.92 Å². The van der Waals surface area contributed by atoms with Crippen LogP contribution in [-0.2, 0) is 4.79 Å². The number of carbonyl (C=O) groups excluding carboxylic acids is 1. The van der Waals surface area contributed by atoms with E-state index >= 15 is 0 Å². The summed E-state index contributed by atoms with van der Waals surface area (Å²) in [5, 5.41) is 6.59. The molecule has 0 saturated carbocycles. The quantitative estimate of drug-likeness (QED) is 0.848. The van der Waals surface area contributed by atoms with Crippen LogP contribution in [0.15, 0.2) is 22.7 Å². The number of hydrogen-bond acceptors (Lipinski definition) is 3. The van der Waals surface area contributed by atoms with Crippen LogP contribution in [0.1, 0.15) is 6.42 Å². The van der Waals surface area contributed by atoms with Gasteiger partial charge in [-0.05, 0) is 50.7 Å². The fourth-order valence-corrected chi connectivity index (χ4v) is 3.22. The molecular formula is C14H19BrClN3O. The Kier molecular flexibility index (Phi) is 5.84. The van der Waals surface area contributed by atoms with Crippen LogP contribution in [0, 0.1) is 5.92 Å². The molecule has 2 rings (SSSR count). The Bertz CT molecular complexity index is 483. The largest absolute Gasteiger partial charge is 0.324 e. The molecule has 1 aliphatic heterocycles.